The summed E-state index contributed by atoms with van der Waals surface area (Å²) in [4.78, 5) is 4.42. The minimum absolute atomic E-state index is 0.0465. The molecule has 5 rings (SSSR count). The van der Waals surface area contributed by atoms with Gasteiger partial charge in [-0.05, 0) is 103 Å². The predicted octanol–water partition coefficient (Wildman–Crippen LogP) is 10.6. The van der Waals surface area contributed by atoms with Gasteiger partial charge < -0.3 is 14.5 Å². The van der Waals surface area contributed by atoms with Gasteiger partial charge in [-0.1, -0.05) is 38.9 Å². The summed E-state index contributed by atoms with van der Waals surface area (Å²) in [6, 6.07) is 11.2. The van der Waals surface area contributed by atoms with Crippen molar-refractivity contribution < 1.29 is 18.3 Å². The van der Waals surface area contributed by atoms with E-state index < -0.39 is 21.6 Å². The van der Waals surface area contributed by atoms with Crippen LogP contribution < -0.4 is 0 Å². The summed E-state index contributed by atoms with van der Waals surface area (Å²) < 4.78 is 7.57. The summed E-state index contributed by atoms with van der Waals surface area (Å²) in [5, 5.41) is 0. The van der Waals surface area contributed by atoms with Crippen molar-refractivity contribution in [3.63, 3.8) is 0 Å². The van der Waals surface area contributed by atoms with Crippen LogP contribution in [0.3, 0.4) is 0 Å². The van der Waals surface area contributed by atoms with Crippen LogP contribution in [0.15, 0.2) is 30.3 Å². The molecule has 4 fully saturated rings. The molecule has 3 aliphatic carbocycles. The molecule has 0 atom stereocenters. The second-order valence-corrected chi connectivity index (χ2v) is 29.3. The van der Waals surface area contributed by atoms with Crippen LogP contribution >= 0.6 is 27.3 Å². The molecular formula is C35H63Cl2N2OPRuSi. The predicted molar refractivity (Wildman–Crippen MR) is 195 cm³/mol. The maximum atomic E-state index is 5.67. The minimum atomic E-state index is -1.61. The summed E-state index contributed by atoms with van der Waals surface area (Å²) in [6.45, 7) is 13.2. The third-order valence-corrected chi connectivity index (χ3v) is 17.7. The molecule has 0 spiro atoms. The molecular weight excluding hydrogens is 695 g/mol. The second-order valence-electron chi connectivity index (χ2n) is 14.5. The van der Waals surface area contributed by atoms with Gasteiger partial charge in [-0.15, -0.1) is 0 Å². The number of likely N-dealkylation sites (N-methyl/N-ethyl adjacent to an activating group) is 1. The first kappa shape index (κ1) is 38.3. The summed E-state index contributed by atoms with van der Waals surface area (Å²) >= 11 is -1.61. The van der Waals surface area contributed by atoms with E-state index in [0.29, 0.717) is 0 Å². The maximum absolute atomic E-state index is 5.67. The van der Waals surface area contributed by atoms with E-state index in [1.807, 2.05) is 34.9 Å². The molecule has 0 unspecified atom stereocenters. The summed E-state index contributed by atoms with van der Waals surface area (Å²) in [5.74, 6) is 0. The van der Waals surface area contributed by atoms with Gasteiger partial charge >= 0.3 is 73.4 Å². The fraction of sp³-hybridized carbons (Fsp3) is 0.771. The molecule has 0 amide bonds. The van der Waals surface area contributed by atoms with Gasteiger partial charge in [-0.25, -0.2) is 6.67 Å². The van der Waals surface area contributed by atoms with Crippen LogP contribution in [0.25, 0.3) is 0 Å². The van der Waals surface area contributed by atoms with Crippen molar-refractivity contribution in [3.05, 3.63) is 42.6 Å². The van der Waals surface area contributed by atoms with E-state index in [-0.39, 0.29) is 7.92 Å². The molecule has 0 N–H and O–H groups in total. The van der Waals surface area contributed by atoms with Gasteiger partial charge in [0.15, 0.2) is 0 Å². The third kappa shape index (κ3) is 16.5. The Morgan fingerprint density at radius 2 is 1.30 bits per heavy atom. The van der Waals surface area contributed by atoms with E-state index in [1.54, 1.807) is 96.3 Å². The number of nitrogens with zero attached hydrogens (tertiary/aromatic N) is 2. The average molecular weight is 759 g/mol. The summed E-state index contributed by atoms with van der Waals surface area (Å²) in [5.41, 5.74) is 4.80. The first-order valence-electron chi connectivity index (χ1n) is 17.3. The molecule has 0 radical (unpaired) electrons. The molecule has 4 aliphatic rings. The molecule has 8 heteroatoms. The molecule has 43 heavy (non-hydrogen) atoms. The van der Waals surface area contributed by atoms with E-state index in [4.69, 9.17) is 24.1 Å². The number of rotatable bonds is 9. The van der Waals surface area contributed by atoms with Crippen molar-refractivity contribution in [1.82, 2.24) is 9.80 Å². The molecule has 1 saturated heterocycles. The Morgan fingerprint density at radius 1 is 0.814 bits per heavy atom. The normalized spacial score (nSPS) is 22.0. The van der Waals surface area contributed by atoms with Crippen LogP contribution in [0.4, 0.5) is 0 Å². The van der Waals surface area contributed by atoms with Gasteiger partial charge in [-0.2, -0.15) is 0 Å². The Kier molecular flexibility index (Phi) is 19.3. The molecule has 3 saturated carbocycles. The molecule has 1 aliphatic heterocycles. The van der Waals surface area contributed by atoms with Crippen LogP contribution in [-0.4, -0.2) is 72.9 Å². The zero-order valence-corrected chi connectivity index (χ0v) is 33.1. The SMILES string of the molecule is C1CCC([PH+](C2CCCCC2)C2CCCCC2)CC1.CN1[CH-]N(COCC[Si](C)(C)C)CC1.[Cl][Ru]([Cl])=[CH]c1ccccc1. The Balaban J connectivity index is 0.000000187. The van der Waals surface area contributed by atoms with Crippen molar-refractivity contribution in [1.29, 1.82) is 0 Å². The number of benzene rings is 1. The summed E-state index contributed by atoms with van der Waals surface area (Å²) in [6.07, 6.45) is 23.8. The van der Waals surface area contributed by atoms with E-state index in [2.05, 4.69) is 43.2 Å². The van der Waals surface area contributed by atoms with Crippen LogP contribution in [0.1, 0.15) is 102 Å². The van der Waals surface area contributed by atoms with Gasteiger partial charge in [0.1, 0.15) is 0 Å². The molecule has 1 aromatic carbocycles. The van der Waals surface area contributed by atoms with Crippen molar-refractivity contribution in [2.75, 3.05) is 33.5 Å². The Bertz CT molecular complexity index is 841. The van der Waals surface area contributed by atoms with E-state index >= 15 is 0 Å². The second kappa shape index (κ2) is 21.6. The summed E-state index contributed by atoms with van der Waals surface area (Å²) in [7, 11) is 12.5. The van der Waals surface area contributed by atoms with Gasteiger partial charge in [0, 0.05) is 22.6 Å². The van der Waals surface area contributed by atoms with Gasteiger partial charge in [0.2, 0.25) is 0 Å². The van der Waals surface area contributed by atoms with Gasteiger partial charge in [0.05, 0.1) is 23.7 Å². The molecule has 0 aromatic heterocycles. The third-order valence-electron chi connectivity index (χ3n) is 9.58. The molecule has 250 valence electrons. The van der Waals surface area contributed by atoms with Gasteiger partial charge in [-0.3, -0.25) is 0 Å². The zero-order valence-electron chi connectivity index (χ0n) is 27.8. The Morgan fingerprint density at radius 3 is 1.70 bits per heavy atom. The van der Waals surface area contributed by atoms with Crippen molar-refractivity contribution in [3.8, 4) is 0 Å². The number of hydrogen-bond donors (Lipinski definition) is 0. The zero-order chi connectivity index (χ0) is 30.9. The number of halogens is 2. The van der Waals surface area contributed by atoms with Crippen LogP contribution in [0.2, 0.25) is 25.7 Å². The van der Waals surface area contributed by atoms with Crippen molar-refractivity contribution >= 4 is 40.0 Å². The van der Waals surface area contributed by atoms with E-state index in [0.717, 1.165) is 32.0 Å². The van der Waals surface area contributed by atoms with Crippen LogP contribution in [-0.2, 0) is 18.3 Å². The van der Waals surface area contributed by atoms with E-state index in [1.165, 1.54) is 23.0 Å². The van der Waals surface area contributed by atoms with Crippen LogP contribution in [0, 0.1) is 6.67 Å². The quantitative estimate of drug-likeness (QED) is 0.108. The molecule has 0 bridgehead atoms. The first-order valence-corrected chi connectivity index (χ1v) is 28.2. The standard InChI is InChI=1S/C18H33P.C10H23N2OSi.C7H6.2ClH.Ru/c1-4-10-16(11-5-1)19(17-12-6-2-7-13-17)18-14-8-3-9-15-18;1-11-5-6-12(9-11)10-13-7-8-14(2,3)4;1-7-5-3-2-4-6-7;;;/h16-18H,1-15H2;9H,5-8,10H2,1-4H3;1-6H;2*1H;/q;-1;;;;+2/p-1. The Labute approximate surface area is 281 Å². The van der Waals surface area contributed by atoms with Crippen LogP contribution in [0.5, 0.6) is 0 Å². The molecule has 1 heterocycles. The number of hydrogen-bond acceptors (Lipinski definition) is 3. The Hall–Kier alpha value is 0.820. The number of ether oxygens (including phenoxy) is 1. The van der Waals surface area contributed by atoms with Crippen molar-refractivity contribution in [2.45, 2.75) is 139 Å². The monoisotopic (exact) mass is 758 g/mol. The van der Waals surface area contributed by atoms with E-state index in [9.17, 15) is 0 Å². The fourth-order valence-electron chi connectivity index (χ4n) is 7.26. The topological polar surface area (TPSA) is 15.7 Å². The average Bonchev–Trinajstić information content (AvgIpc) is 3.42. The fourth-order valence-corrected chi connectivity index (χ4v) is 15.1. The van der Waals surface area contributed by atoms with Crippen molar-refractivity contribution in [2.24, 2.45) is 0 Å². The first-order chi connectivity index (χ1) is 20.7. The molecule has 3 nitrogen and oxygen atoms in total. The van der Waals surface area contributed by atoms with Gasteiger partial charge in [0.25, 0.3) is 0 Å². The molecule has 1 aromatic rings.